The Bertz CT molecular complexity index is 817. The highest BCUT2D eigenvalue weighted by Crippen LogP contribution is 2.29. The Labute approximate surface area is 140 Å². The highest BCUT2D eigenvalue weighted by atomic mass is 35.5. The van der Waals surface area contributed by atoms with Crippen molar-refractivity contribution in [3.05, 3.63) is 47.2 Å². The van der Waals surface area contributed by atoms with Crippen LogP contribution in [0.25, 0.3) is 10.7 Å². The molecule has 3 rings (SSSR count). The SMILES string of the molecule is COc1ccc(C(=O)Cl)cc1OCc1nc(-c2cccs2)no1. The highest BCUT2D eigenvalue weighted by molar-refractivity contribution is 7.13. The maximum Gasteiger partial charge on any atom is 0.264 e. The Hall–Kier alpha value is -2.38. The standard InChI is InChI=1S/C15H11ClN2O4S/c1-20-10-5-4-9(14(16)19)7-11(10)21-8-13-17-15(18-22-13)12-3-2-6-23-12/h2-7H,8H2,1H3. The molecule has 0 amide bonds. The predicted octanol–water partition coefficient (Wildman–Crippen LogP) is 3.76. The van der Waals surface area contributed by atoms with Crippen LogP contribution < -0.4 is 9.47 Å². The Kier molecular flexibility index (Phi) is 4.59. The first kappa shape index (κ1) is 15.5. The summed E-state index contributed by atoms with van der Waals surface area (Å²) in [6, 6.07) is 8.48. The molecule has 0 atom stereocenters. The summed E-state index contributed by atoms with van der Waals surface area (Å²) in [6.07, 6.45) is 0. The van der Waals surface area contributed by atoms with E-state index >= 15 is 0 Å². The molecule has 0 bridgehead atoms. The van der Waals surface area contributed by atoms with Crippen molar-refractivity contribution in [3.63, 3.8) is 0 Å². The molecule has 2 aromatic heterocycles. The molecule has 8 heteroatoms. The summed E-state index contributed by atoms with van der Waals surface area (Å²) in [6.45, 7) is 0.0503. The van der Waals surface area contributed by atoms with Gasteiger partial charge in [0.15, 0.2) is 18.1 Å². The third-order valence-corrected chi connectivity index (χ3v) is 4.04. The van der Waals surface area contributed by atoms with E-state index in [-0.39, 0.29) is 6.61 Å². The first-order valence-electron chi connectivity index (χ1n) is 6.54. The van der Waals surface area contributed by atoms with E-state index < -0.39 is 5.24 Å². The molecule has 0 radical (unpaired) electrons. The van der Waals surface area contributed by atoms with Crippen LogP contribution in [0.5, 0.6) is 11.5 Å². The number of halogens is 1. The van der Waals surface area contributed by atoms with Gasteiger partial charge in [0.1, 0.15) is 0 Å². The Morgan fingerprint density at radius 3 is 2.91 bits per heavy atom. The van der Waals surface area contributed by atoms with Crippen molar-refractivity contribution in [2.24, 2.45) is 0 Å². The number of nitrogens with zero attached hydrogens (tertiary/aromatic N) is 2. The summed E-state index contributed by atoms with van der Waals surface area (Å²) in [5, 5.41) is 5.26. The number of aromatic nitrogens is 2. The molecule has 0 saturated carbocycles. The molecule has 0 saturated heterocycles. The monoisotopic (exact) mass is 350 g/mol. The smallest absolute Gasteiger partial charge is 0.264 e. The molecule has 0 spiro atoms. The number of carbonyl (C=O) groups excluding carboxylic acids is 1. The summed E-state index contributed by atoms with van der Waals surface area (Å²) in [7, 11) is 1.51. The zero-order chi connectivity index (χ0) is 16.2. The minimum absolute atomic E-state index is 0.0503. The Balaban J connectivity index is 1.75. The fourth-order valence-electron chi connectivity index (χ4n) is 1.87. The van der Waals surface area contributed by atoms with Crippen LogP contribution in [0.1, 0.15) is 16.2 Å². The van der Waals surface area contributed by atoms with E-state index in [1.807, 2.05) is 17.5 Å². The second-order valence-corrected chi connectivity index (χ2v) is 5.71. The molecule has 0 N–H and O–H groups in total. The number of carbonyl (C=O) groups is 1. The molecule has 0 fully saturated rings. The van der Waals surface area contributed by atoms with Gasteiger partial charge in [-0.3, -0.25) is 4.79 Å². The van der Waals surface area contributed by atoms with E-state index in [1.54, 1.807) is 12.1 Å². The largest absolute Gasteiger partial charge is 0.493 e. The van der Waals surface area contributed by atoms with E-state index in [0.29, 0.717) is 28.8 Å². The Morgan fingerprint density at radius 2 is 2.22 bits per heavy atom. The van der Waals surface area contributed by atoms with Crippen LogP contribution in [-0.2, 0) is 6.61 Å². The summed E-state index contributed by atoms with van der Waals surface area (Å²) >= 11 is 6.99. The molecule has 2 heterocycles. The molecule has 23 heavy (non-hydrogen) atoms. The highest BCUT2D eigenvalue weighted by Gasteiger charge is 2.13. The molecular weight excluding hydrogens is 340 g/mol. The van der Waals surface area contributed by atoms with Crippen molar-refractivity contribution in [1.29, 1.82) is 0 Å². The fourth-order valence-corrected chi connectivity index (χ4v) is 2.64. The van der Waals surface area contributed by atoms with Crippen molar-refractivity contribution in [1.82, 2.24) is 10.1 Å². The molecule has 0 aliphatic carbocycles. The normalized spacial score (nSPS) is 10.5. The van der Waals surface area contributed by atoms with Gasteiger partial charge in [0.05, 0.1) is 12.0 Å². The number of thiophene rings is 1. The quantitative estimate of drug-likeness (QED) is 0.630. The predicted molar refractivity (Wildman–Crippen MR) is 85.1 cm³/mol. The average molecular weight is 351 g/mol. The first-order valence-corrected chi connectivity index (χ1v) is 7.80. The van der Waals surface area contributed by atoms with Crippen molar-refractivity contribution < 1.29 is 18.8 Å². The zero-order valence-electron chi connectivity index (χ0n) is 12.0. The van der Waals surface area contributed by atoms with Crippen molar-refractivity contribution in [2.45, 2.75) is 6.61 Å². The average Bonchev–Trinajstić information content (AvgIpc) is 3.23. The van der Waals surface area contributed by atoms with Gasteiger partial charge >= 0.3 is 0 Å². The van der Waals surface area contributed by atoms with E-state index in [4.69, 9.17) is 25.6 Å². The molecule has 3 aromatic rings. The van der Waals surface area contributed by atoms with E-state index in [1.165, 1.54) is 24.5 Å². The van der Waals surface area contributed by atoms with Gasteiger partial charge in [0.2, 0.25) is 5.82 Å². The van der Waals surface area contributed by atoms with Gasteiger partial charge < -0.3 is 14.0 Å². The lowest BCUT2D eigenvalue weighted by Crippen LogP contribution is -2.00. The molecule has 6 nitrogen and oxygen atoms in total. The van der Waals surface area contributed by atoms with Crippen LogP contribution >= 0.6 is 22.9 Å². The maximum atomic E-state index is 11.2. The first-order chi connectivity index (χ1) is 11.2. The van der Waals surface area contributed by atoms with Crippen LogP contribution in [0, 0.1) is 0 Å². The van der Waals surface area contributed by atoms with Gasteiger partial charge in [-0.2, -0.15) is 4.98 Å². The molecular formula is C15H11ClN2O4S. The van der Waals surface area contributed by atoms with Crippen LogP contribution in [0.2, 0.25) is 0 Å². The van der Waals surface area contributed by atoms with Crippen LogP contribution in [0.3, 0.4) is 0 Å². The number of hydrogen-bond acceptors (Lipinski definition) is 7. The second kappa shape index (κ2) is 6.80. The van der Waals surface area contributed by atoms with Gasteiger partial charge in [0.25, 0.3) is 11.1 Å². The lowest BCUT2D eigenvalue weighted by molar-refractivity contribution is 0.108. The van der Waals surface area contributed by atoms with Crippen LogP contribution in [0.15, 0.2) is 40.2 Å². The molecule has 0 aliphatic rings. The van der Waals surface area contributed by atoms with Gasteiger partial charge in [-0.15, -0.1) is 11.3 Å². The molecule has 1 aromatic carbocycles. The van der Waals surface area contributed by atoms with Crippen molar-refractivity contribution in [3.8, 4) is 22.2 Å². The van der Waals surface area contributed by atoms with Gasteiger partial charge in [-0.1, -0.05) is 11.2 Å². The van der Waals surface area contributed by atoms with Crippen LogP contribution in [-0.4, -0.2) is 22.5 Å². The molecule has 0 unspecified atom stereocenters. The number of ether oxygens (including phenoxy) is 2. The third kappa shape index (κ3) is 3.52. The van der Waals surface area contributed by atoms with E-state index in [9.17, 15) is 4.79 Å². The topological polar surface area (TPSA) is 74.5 Å². The summed E-state index contributed by atoms with van der Waals surface area (Å²) < 4.78 is 15.9. The number of benzene rings is 1. The summed E-state index contributed by atoms with van der Waals surface area (Å²) in [5.41, 5.74) is 0.312. The molecule has 0 aliphatic heterocycles. The number of methoxy groups -OCH3 is 1. The number of hydrogen-bond donors (Lipinski definition) is 0. The van der Waals surface area contributed by atoms with Crippen molar-refractivity contribution in [2.75, 3.05) is 7.11 Å². The van der Waals surface area contributed by atoms with Gasteiger partial charge in [0, 0.05) is 5.56 Å². The Morgan fingerprint density at radius 1 is 1.35 bits per heavy atom. The fraction of sp³-hybridized carbons (Fsp3) is 0.133. The minimum atomic E-state index is -0.574. The zero-order valence-corrected chi connectivity index (χ0v) is 13.6. The third-order valence-electron chi connectivity index (χ3n) is 2.95. The van der Waals surface area contributed by atoms with Crippen molar-refractivity contribution >= 4 is 28.2 Å². The van der Waals surface area contributed by atoms with Gasteiger partial charge in [-0.05, 0) is 41.2 Å². The van der Waals surface area contributed by atoms with Gasteiger partial charge in [-0.25, -0.2) is 0 Å². The van der Waals surface area contributed by atoms with Crippen LogP contribution in [0.4, 0.5) is 0 Å². The second-order valence-electron chi connectivity index (χ2n) is 4.42. The lowest BCUT2D eigenvalue weighted by atomic mass is 10.2. The van der Waals surface area contributed by atoms with E-state index in [0.717, 1.165) is 4.88 Å². The maximum absolute atomic E-state index is 11.2. The summed E-state index contributed by atoms with van der Waals surface area (Å²) in [5.74, 6) is 1.67. The minimum Gasteiger partial charge on any atom is -0.493 e. The molecule has 118 valence electrons. The lowest BCUT2D eigenvalue weighted by Gasteiger charge is -2.09. The summed E-state index contributed by atoms with van der Waals surface area (Å²) in [4.78, 5) is 16.4. The number of rotatable bonds is 6. The van der Waals surface area contributed by atoms with E-state index in [2.05, 4.69) is 10.1 Å².